The maximum Gasteiger partial charge on any atom is 0.217 e. The molecule has 9 heteroatoms. The second-order valence-corrected chi connectivity index (χ2v) is 12.3. The average Bonchev–Trinajstić information content (AvgIpc) is 3.61. The Balaban J connectivity index is 1.19. The molecule has 4 aromatic rings. The molecule has 3 saturated carbocycles. The van der Waals surface area contributed by atoms with Gasteiger partial charge in [0.25, 0.3) is 0 Å². The first-order valence-electron chi connectivity index (χ1n) is 13.9. The maximum absolute atomic E-state index is 11.7. The summed E-state index contributed by atoms with van der Waals surface area (Å²) < 4.78 is 1.88. The van der Waals surface area contributed by atoms with Crippen LogP contribution in [0.5, 0.6) is 0 Å². The summed E-state index contributed by atoms with van der Waals surface area (Å²) in [6.45, 7) is 1.63. The Morgan fingerprint density at radius 1 is 1.10 bits per heavy atom. The highest BCUT2D eigenvalue weighted by Crippen LogP contribution is 2.49. The third-order valence-corrected chi connectivity index (χ3v) is 9.91. The number of fused-ring (bicyclic) bond motifs is 3. The van der Waals surface area contributed by atoms with Gasteiger partial charge in [-0.05, 0) is 81.0 Å². The molecule has 2 N–H and O–H groups in total. The van der Waals surface area contributed by atoms with Crippen molar-refractivity contribution in [2.24, 2.45) is 11.8 Å². The van der Waals surface area contributed by atoms with Crippen LogP contribution in [0.4, 0.5) is 5.69 Å². The van der Waals surface area contributed by atoms with Crippen LogP contribution in [0.2, 0.25) is 0 Å². The Labute approximate surface area is 231 Å². The van der Waals surface area contributed by atoms with E-state index in [9.17, 15) is 4.79 Å². The monoisotopic (exact) mass is 537 g/mol. The van der Waals surface area contributed by atoms with E-state index in [2.05, 4.69) is 37.9 Å². The molecular formula is C30H31N7OS. The Hall–Kier alpha value is -3.77. The predicted octanol–water partition coefficient (Wildman–Crippen LogP) is 5.27. The number of nitrogens with zero attached hydrogens (tertiary/aromatic N) is 5. The molecule has 0 saturated heterocycles. The van der Waals surface area contributed by atoms with Crippen molar-refractivity contribution in [2.75, 3.05) is 5.32 Å². The molecular weight excluding hydrogens is 506 g/mol. The molecule has 3 fully saturated rings. The Bertz CT molecular complexity index is 1580. The minimum atomic E-state index is 0.0808. The SMILES string of the molecule is C#Cc1cnn2c(-c3cc(NC4CCC4)c(-c4nnc(C5C[C@H]6CC[C@@H](C5)C6NC(C)=O)s4)cn3)ccc2c1. The van der Waals surface area contributed by atoms with Crippen molar-refractivity contribution in [1.29, 1.82) is 0 Å². The summed E-state index contributed by atoms with van der Waals surface area (Å²) in [6.07, 6.45) is 17.3. The van der Waals surface area contributed by atoms with Crippen LogP contribution in [0.3, 0.4) is 0 Å². The third-order valence-electron chi connectivity index (χ3n) is 8.79. The first-order chi connectivity index (χ1) is 19.1. The van der Waals surface area contributed by atoms with Gasteiger partial charge in [0.15, 0.2) is 5.01 Å². The molecule has 7 rings (SSSR count). The maximum atomic E-state index is 11.7. The summed E-state index contributed by atoms with van der Waals surface area (Å²) in [6, 6.07) is 8.91. The molecule has 2 bridgehead atoms. The fourth-order valence-corrected chi connectivity index (χ4v) is 7.63. The second kappa shape index (κ2) is 9.76. The standard InChI is InChI=1S/C30H31N7OS/c1-3-18-11-23-9-10-27(37(23)32-15-18)26-14-25(34-22-5-4-6-22)24(16-31-26)30-36-35-29(39-30)21-12-19-7-8-20(13-21)28(19)33-17(2)38/h1,9-11,14-16,19-22,28H,4-8,12-13H2,2H3,(H,31,34)(H,33,38)/t19-,20+,21?,28?. The van der Waals surface area contributed by atoms with Gasteiger partial charge < -0.3 is 10.6 Å². The smallest absolute Gasteiger partial charge is 0.217 e. The molecule has 0 spiro atoms. The van der Waals surface area contributed by atoms with Crippen molar-refractivity contribution in [3.63, 3.8) is 0 Å². The molecule has 4 heterocycles. The summed E-state index contributed by atoms with van der Waals surface area (Å²) in [5, 5.41) is 22.9. The molecule has 198 valence electrons. The molecule has 0 radical (unpaired) electrons. The van der Waals surface area contributed by atoms with Crippen LogP contribution >= 0.6 is 11.3 Å². The summed E-state index contributed by atoms with van der Waals surface area (Å²) >= 11 is 1.69. The number of anilines is 1. The quantitative estimate of drug-likeness (QED) is 0.325. The summed E-state index contributed by atoms with van der Waals surface area (Å²) in [7, 11) is 0. The van der Waals surface area contributed by atoms with E-state index in [1.807, 2.05) is 28.9 Å². The Kier molecular flexibility index (Phi) is 6.08. The van der Waals surface area contributed by atoms with Crippen LogP contribution in [-0.4, -0.2) is 42.8 Å². The fraction of sp³-hybridized carbons (Fsp3) is 0.433. The second-order valence-electron chi connectivity index (χ2n) is 11.3. The van der Waals surface area contributed by atoms with Crippen LogP contribution in [0.25, 0.3) is 27.5 Å². The zero-order chi connectivity index (χ0) is 26.5. The lowest BCUT2D eigenvalue weighted by atomic mass is 9.77. The van der Waals surface area contributed by atoms with Crippen LogP contribution in [-0.2, 0) is 4.79 Å². The molecule has 4 aromatic heterocycles. The van der Waals surface area contributed by atoms with E-state index in [0.717, 1.165) is 56.6 Å². The van der Waals surface area contributed by atoms with Gasteiger partial charge in [-0.1, -0.05) is 17.3 Å². The van der Waals surface area contributed by atoms with Crippen LogP contribution < -0.4 is 10.6 Å². The molecule has 3 aliphatic carbocycles. The Morgan fingerprint density at radius 2 is 1.92 bits per heavy atom. The predicted molar refractivity (Wildman–Crippen MR) is 152 cm³/mol. The van der Waals surface area contributed by atoms with Gasteiger partial charge in [-0.2, -0.15) is 5.10 Å². The summed E-state index contributed by atoms with van der Waals surface area (Å²) in [5.41, 5.74) is 5.49. The highest BCUT2D eigenvalue weighted by molar-refractivity contribution is 7.14. The number of hydrogen-bond donors (Lipinski definition) is 2. The van der Waals surface area contributed by atoms with Crippen molar-refractivity contribution < 1.29 is 4.79 Å². The molecule has 0 aromatic carbocycles. The number of carbonyl (C=O) groups is 1. The Morgan fingerprint density at radius 3 is 2.64 bits per heavy atom. The third kappa shape index (κ3) is 4.47. The van der Waals surface area contributed by atoms with E-state index in [1.54, 1.807) is 24.5 Å². The lowest BCUT2D eigenvalue weighted by Gasteiger charge is -2.34. The van der Waals surface area contributed by atoms with E-state index in [-0.39, 0.29) is 5.91 Å². The molecule has 39 heavy (non-hydrogen) atoms. The normalized spacial score (nSPS) is 24.3. The van der Waals surface area contributed by atoms with Crippen molar-refractivity contribution in [2.45, 2.75) is 69.9 Å². The van der Waals surface area contributed by atoms with E-state index >= 15 is 0 Å². The van der Waals surface area contributed by atoms with Crippen LogP contribution in [0, 0.1) is 24.2 Å². The van der Waals surface area contributed by atoms with Gasteiger partial charge in [-0.25, -0.2) is 4.52 Å². The van der Waals surface area contributed by atoms with Crippen molar-refractivity contribution >= 4 is 28.4 Å². The van der Waals surface area contributed by atoms with Crippen LogP contribution in [0.15, 0.2) is 36.7 Å². The average molecular weight is 538 g/mol. The van der Waals surface area contributed by atoms with E-state index < -0.39 is 0 Å². The molecule has 1 amide bonds. The zero-order valence-electron chi connectivity index (χ0n) is 21.9. The number of terminal acetylenes is 1. The minimum absolute atomic E-state index is 0.0808. The number of aromatic nitrogens is 5. The highest BCUT2D eigenvalue weighted by Gasteiger charge is 2.44. The van der Waals surface area contributed by atoms with Gasteiger partial charge in [0.2, 0.25) is 5.91 Å². The van der Waals surface area contributed by atoms with Crippen LogP contribution in [0.1, 0.15) is 68.4 Å². The summed E-state index contributed by atoms with van der Waals surface area (Å²) in [5.74, 6) is 4.20. The van der Waals surface area contributed by atoms with E-state index in [4.69, 9.17) is 11.4 Å². The highest BCUT2D eigenvalue weighted by atomic mass is 32.1. The molecule has 2 unspecified atom stereocenters. The number of rotatable bonds is 6. The first-order valence-corrected chi connectivity index (χ1v) is 14.7. The molecule has 3 aliphatic rings. The summed E-state index contributed by atoms with van der Waals surface area (Å²) in [4.78, 5) is 16.6. The van der Waals surface area contributed by atoms with Gasteiger partial charge in [0.1, 0.15) is 5.01 Å². The molecule has 8 nitrogen and oxygen atoms in total. The van der Waals surface area contributed by atoms with Crippen molar-refractivity contribution in [1.82, 2.24) is 30.1 Å². The number of amides is 1. The minimum Gasteiger partial charge on any atom is -0.382 e. The van der Waals surface area contributed by atoms with Gasteiger partial charge >= 0.3 is 0 Å². The van der Waals surface area contributed by atoms with Gasteiger partial charge in [-0.15, -0.1) is 16.6 Å². The number of hydrogen-bond acceptors (Lipinski definition) is 7. The number of pyridine rings is 1. The van der Waals surface area contributed by atoms with Crippen molar-refractivity contribution in [3.05, 3.63) is 47.2 Å². The topological polar surface area (TPSA) is 97.1 Å². The van der Waals surface area contributed by atoms with Gasteiger partial charge in [-0.3, -0.25) is 9.78 Å². The lowest BCUT2D eigenvalue weighted by Crippen LogP contribution is -2.43. The van der Waals surface area contributed by atoms with Gasteiger partial charge in [0.05, 0.1) is 28.7 Å². The van der Waals surface area contributed by atoms with Gasteiger partial charge in [0, 0.05) is 42.4 Å². The van der Waals surface area contributed by atoms with Crippen molar-refractivity contribution in [3.8, 4) is 34.3 Å². The van der Waals surface area contributed by atoms with E-state index in [1.165, 1.54) is 32.1 Å². The largest absolute Gasteiger partial charge is 0.382 e. The first kappa shape index (κ1) is 24.3. The molecule has 4 atom stereocenters. The van der Waals surface area contributed by atoms with E-state index in [0.29, 0.717) is 29.8 Å². The lowest BCUT2D eigenvalue weighted by molar-refractivity contribution is -0.120. The fourth-order valence-electron chi connectivity index (χ4n) is 6.64. The number of nitrogens with one attached hydrogen (secondary N) is 2. The zero-order valence-corrected chi connectivity index (χ0v) is 22.7. The molecule has 0 aliphatic heterocycles. The number of carbonyl (C=O) groups excluding carboxylic acids is 1.